The van der Waals surface area contributed by atoms with E-state index in [0.29, 0.717) is 12.3 Å². The third kappa shape index (κ3) is 4.86. The molecule has 1 aromatic carbocycles. The average Bonchev–Trinajstić information content (AvgIpc) is 3.44. The first kappa shape index (κ1) is 21.2. The maximum absolute atomic E-state index is 12.5. The lowest BCUT2D eigenvalue weighted by Crippen LogP contribution is -2.39. The first-order chi connectivity index (χ1) is 15.6. The standard InChI is InChI=1S/C24H24BrN5OS/c25-22-4-3-21(32-22)24-28-19-2-1-17(13-20(19)29-24)14-23(31)27-15-16-7-11-30(12-8-16)18-5-9-26-10-6-18/h1-6,9-10,13,16H,7-8,11-12,14-15H2,(H,27,31)(H,28,29). The van der Waals surface area contributed by atoms with Gasteiger partial charge in [-0.1, -0.05) is 6.07 Å². The number of carbonyl (C=O) groups excluding carboxylic acids is 1. The number of thiophene rings is 1. The summed E-state index contributed by atoms with van der Waals surface area (Å²) in [4.78, 5) is 28.2. The van der Waals surface area contributed by atoms with E-state index in [2.05, 4.69) is 48.2 Å². The fourth-order valence-corrected chi connectivity index (χ4v) is 5.51. The van der Waals surface area contributed by atoms with Gasteiger partial charge < -0.3 is 15.2 Å². The number of anilines is 1. The van der Waals surface area contributed by atoms with E-state index in [1.165, 1.54) is 5.69 Å². The predicted molar refractivity (Wildman–Crippen MR) is 133 cm³/mol. The minimum Gasteiger partial charge on any atom is -0.371 e. The van der Waals surface area contributed by atoms with Crippen LogP contribution >= 0.6 is 27.3 Å². The summed E-state index contributed by atoms with van der Waals surface area (Å²) >= 11 is 5.14. The second-order valence-corrected chi connectivity index (χ2v) is 10.6. The van der Waals surface area contributed by atoms with Gasteiger partial charge in [-0.25, -0.2) is 4.98 Å². The summed E-state index contributed by atoms with van der Waals surface area (Å²) in [6.07, 6.45) is 6.22. The van der Waals surface area contributed by atoms with E-state index in [0.717, 1.165) is 63.6 Å². The topological polar surface area (TPSA) is 73.9 Å². The van der Waals surface area contributed by atoms with Crippen LogP contribution < -0.4 is 10.2 Å². The summed E-state index contributed by atoms with van der Waals surface area (Å²) in [5, 5.41) is 3.14. The Bertz CT molecular complexity index is 1210. The summed E-state index contributed by atoms with van der Waals surface area (Å²) in [6.45, 7) is 2.78. The van der Waals surface area contributed by atoms with Crippen molar-refractivity contribution >= 4 is 49.9 Å². The normalized spacial score (nSPS) is 14.7. The number of hydrogen-bond acceptors (Lipinski definition) is 5. The third-order valence-corrected chi connectivity index (χ3v) is 7.58. The SMILES string of the molecule is O=C(Cc1ccc2[nH]c(-c3ccc(Br)s3)nc2c1)NCC1CCN(c2ccncc2)CC1. The second kappa shape index (κ2) is 9.42. The van der Waals surface area contributed by atoms with Crippen molar-refractivity contribution < 1.29 is 4.79 Å². The van der Waals surface area contributed by atoms with Gasteiger partial charge in [-0.3, -0.25) is 9.78 Å². The maximum Gasteiger partial charge on any atom is 0.224 e. The minimum atomic E-state index is 0.0684. The molecule has 164 valence electrons. The molecule has 0 spiro atoms. The van der Waals surface area contributed by atoms with Gasteiger partial charge in [0.2, 0.25) is 5.91 Å². The molecule has 1 fully saturated rings. The van der Waals surface area contributed by atoms with Crippen LogP contribution in [0.5, 0.6) is 0 Å². The van der Waals surface area contributed by atoms with E-state index in [-0.39, 0.29) is 5.91 Å². The molecular formula is C24H24BrN5OS. The first-order valence-corrected chi connectivity index (χ1v) is 12.4. The van der Waals surface area contributed by atoms with Crippen molar-refractivity contribution in [2.75, 3.05) is 24.5 Å². The molecule has 8 heteroatoms. The molecule has 4 heterocycles. The molecule has 1 amide bonds. The van der Waals surface area contributed by atoms with Gasteiger partial charge in [0.05, 0.1) is 26.1 Å². The van der Waals surface area contributed by atoms with E-state index >= 15 is 0 Å². The number of aromatic amines is 1. The number of piperidine rings is 1. The molecule has 5 rings (SSSR count). The molecule has 0 radical (unpaired) electrons. The number of nitrogens with one attached hydrogen (secondary N) is 2. The number of carbonyl (C=O) groups is 1. The van der Waals surface area contributed by atoms with Crippen molar-refractivity contribution in [3.05, 3.63) is 64.2 Å². The van der Waals surface area contributed by atoms with E-state index in [4.69, 9.17) is 4.98 Å². The van der Waals surface area contributed by atoms with E-state index in [9.17, 15) is 4.79 Å². The highest BCUT2D eigenvalue weighted by Crippen LogP contribution is 2.31. The van der Waals surface area contributed by atoms with Crippen LogP contribution in [0.15, 0.2) is 58.6 Å². The van der Waals surface area contributed by atoms with Gasteiger partial charge in [0.15, 0.2) is 0 Å². The quantitative estimate of drug-likeness (QED) is 0.382. The van der Waals surface area contributed by atoms with E-state index in [1.807, 2.05) is 42.7 Å². The van der Waals surface area contributed by atoms with Crippen LogP contribution in [0.25, 0.3) is 21.7 Å². The monoisotopic (exact) mass is 509 g/mol. The van der Waals surface area contributed by atoms with Crippen molar-refractivity contribution in [3.8, 4) is 10.7 Å². The van der Waals surface area contributed by atoms with Crippen LogP contribution in [0, 0.1) is 5.92 Å². The van der Waals surface area contributed by atoms with Gasteiger partial charge in [0, 0.05) is 37.7 Å². The average molecular weight is 510 g/mol. The van der Waals surface area contributed by atoms with Crippen molar-refractivity contribution in [3.63, 3.8) is 0 Å². The molecule has 3 aromatic heterocycles. The number of fused-ring (bicyclic) bond motifs is 1. The number of nitrogens with zero attached hydrogens (tertiary/aromatic N) is 3. The van der Waals surface area contributed by atoms with Crippen LogP contribution in [0.2, 0.25) is 0 Å². The number of halogens is 1. The zero-order valence-electron chi connectivity index (χ0n) is 17.6. The molecule has 32 heavy (non-hydrogen) atoms. The molecule has 0 aliphatic carbocycles. The largest absolute Gasteiger partial charge is 0.371 e. The molecule has 0 bridgehead atoms. The molecule has 0 unspecified atom stereocenters. The minimum absolute atomic E-state index is 0.0684. The lowest BCUT2D eigenvalue weighted by atomic mass is 9.96. The van der Waals surface area contributed by atoms with Crippen LogP contribution in [0.4, 0.5) is 5.69 Å². The summed E-state index contributed by atoms with van der Waals surface area (Å²) < 4.78 is 1.08. The zero-order valence-corrected chi connectivity index (χ0v) is 20.0. The van der Waals surface area contributed by atoms with Crippen LogP contribution in [-0.4, -0.2) is 40.5 Å². The van der Waals surface area contributed by atoms with Gasteiger partial charge in [0.1, 0.15) is 5.82 Å². The molecule has 6 nitrogen and oxygen atoms in total. The number of benzene rings is 1. The van der Waals surface area contributed by atoms with Crippen molar-refractivity contribution in [2.24, 2.45) is 5.92 Å². The number of amides is 1. The molecule has 0 saturated carbocycles. The summed E-state index contributed by atoms with van der Waals surface area (Å²) in [6, 6.07) is 14.2. The first-order valence-electron chi connectivity index (χ1n) is 10.8. The Morgan fingerprint density at radius 2 is 1.97 bits per heavy atom. The fourth-order valence-electron chi connectivity index (χ4n) is 4.18. The van der Waals surface area contributed by atoms with Crippen molar-refractivity contribution in [2.45, 2.75) is 19.3 Å². The van der Waals surface area contributed by atoms with Crippen LogP contribution in [0.1, 0.15) is 18.4 Å². The zero-order chi connectivity index (χ0) is 21.9. The van der Waals surface area contributed by atoms with Crippen molar-refractivity contribution in [1.82, 2.24) is 20.3 Å². The van der Waals surface area contributed by atoms with Gasteiger partial charge >= 0.3 is 0 Å². The van der Waals surface area contributed by atoms with E-state index < -0.39 is 0 Å². The lowest BCUT2D eigenvalue weighted by Gasteiger charge is -2.33. The Labute approximate surface area is 199 Å². The van der Waals surface area contributed by atoms with Crippen LogP contribution in [-0.2, 0) is 11.2 Å². The Balaban J connectivity index is 1.13. The number of pyridine rings is 1. The third-order valence-electron chi connectivity index (χ3n) is 5.95. The highest BCUT2D eigenvalue weighted by Gasteiger charge is 2.20. The molecule has 0 atom stereocenters. The molecule has 1 aliphatic heterocycles. The molecular weight excluding hydrogens is 486 g/mol. The second-order valence-electron chi connectivity index (χ2n) is 8.16. The smallest absolute Gasteiger partial charge is 0.224 e. The number of H-pyrrole nitrogens is 1. The molecule has 1 saturated heterocycles. The summed E-state index contributed by atoms with van der Waals surface area (Å²) in [5.41, 5.74) is 4.08. The van der Waals surface area contributed by atoms with Crippen LogP contribution in [0.3, 0.4) is 0 Å². The summed E-state index contributed by atoms with van der Waals surface area (Å²) in [7, 11) is 0. The van der Waals surface area contributed by atoms with Crippen molar-refractivity contribution in [1.29, 1.82) is 0 Å². The Morgan fingerprint density at radius 1 is 1.16 bits per heavy atom. The Morgan fingerprint density at radius 3 is 2.72 bits per heavy atom. The predicted octanol–water partition coefficient (Wildman–Crippen LogP) is 5.02. The molecule has 1 aliphatic rings. The fraction of sp³-hybridized carbons (Fsp3) is 0.292. The summed E-state index contributed by atoms with van der Waals surface area (Å²) in [5.74, 6) is 1.45. The number of hydrogen-bond donors (Lipinski definition) is 2. The highest BCUT2D eigenvalue weighted by atomic mass is 79.9. The van der Waals surface area contributed by atoms with Gasteiger partial charge in [-0.05, 0) is 76.7 Å². The molecule has 2 N–H and O–H groups in total. The number of aromatic nitrogens is 3. The Hall–Kier alpha value is -2.71. The highest BCUT2D eigenvalue weighted by molar-refractivity contribution is 9.11. The van der Waals surface area contributed by atoms with Gasteiger partial charge in [0.25, 0.3) is 0 Å². The molecule has 4 aromatic rings. The van der Waals surface area contributed by atoms with Gasteiger partial charge in [-0.15, -0.1) is 11.3 Å². The Kier molecular flexibility index (Phi) is 6.23. The number of imidazole rings is 1. The van der Waals surface area contributed by atoms with Gasteiger partial charge in [-0.2, -0.15) is 0 Å². The maximum atomic E-state index is 12.5. The lowest BCUT2D eigenvalue weighted by molar-refractivity contribution is -0.120. The van der Waals surface area contributed by atoms with E-state index in [1.54, 1.807) is 11.3 Å². The number of rotatable bonds is 6.